The van der Waals surface area contributed by atoms with Crippen molar-refractivity contribution in [3.8, 4) is 0 Å². The van der Waals surface area contributed by atoms with Crippen LogP contribution < -0.4 is 10.6 Å². The summed E-state index contributed by atoms with van der Waals surface area (Å²) in [6, 6.07) is 12.7. The molecule has 1 fully saturated rings. The van der Waals surface area contributed by atoms with Crippen LogP contribution in [0.1, 0.15) is 36.8 Å². The lowest BCUT2D eigenvalue weighted by Crippen LogP contribution is -2.48. The number of hydrogen-bond donors (Lipinski definition) is 2. The molecule has 0 unspecified atom stereocenters. The molecule has 8 heteroatoms. The molecular formula is C22H35IN6O. The fourth-order valence-electron chi connectivity index (χ4n) is 3.42. The van der Waals surface area contributed by atoms with Gasteiger partial charge in [-0.05, 0) is 11.5 Å². The predicted molar refractivity (Wildman–Crippen MR) is 132 cm³/mol. The van der Waals surface area contributed by atoms with E-state index in [0.717, 1.165) is 63.2 Å². The Bertz CT molecular complexity index is 756. The third-order valence-electron chi connectivity index (χ3n) is 5.26. The van der Waals surface area contributed by atoms with E-state index in [1.54, 1.807) is 7.05 Å². The molecule has 2 N–H and O–H groups in total. The predicted octanol–water partition coefficient (Wildman–Crippen LogP) is 2.90. The summed E-state index contributed by atoms with van der Waals surface area (Å²) in [7, 11) is 1.79. The number of aromatic nitrogens is 1. The second-order valence-corrected chi connectivity index (χ2v) is 7.83. The Morgan fingerprint density at radius 2 is 1.80 bits per heavy atom. The number of rotatable bonds is 8. The van der Waals surface area contributed by atoms with Crippen molar-refractivity contribution in [2.24, 2.45) is 4.99 Å². The third kappa shape index (κ3) is 7.88. The molecule has 1 saturated heterocycles. The maximum Gasteiger partial charge on any atom is 0.191 e. The second kappa shape index (κ2) is 12.9. The lowest BCUT2D eigenvalue weighted by molar-refractivity contribution is 0.129. The number of nitrogens with one attached hydrogen (secondary N) is 2. The van der Waals surface area contributed by atoms with Crippen LogP contribution in [0.15, 0.2) is 45.9 Å². The molecule has 0 amide bonds. The smallest absolute Gasteiger partial charge is 0.191 e. The molecule has 0 aliphatic carbocycles. The zero-order valence-electron chi connectivity index (χ0n) is 18.3. The number of aliphatic imine (C=N–C) groups is 1. The fraction of sp³-hybridized carbons (Fsp3) is 0.545. The van der Waals surface area contributed by atoms with Crippen LogP contribution >= 0.6 is 24.0 Å². The molecule has 0 atom stereocenters. The van der Waals surface area contributed by atoms with Gasteiger partial charge in [0.1, 0.15) is 0 Å². The van der Waals surface area contributed by atoms with Gasteiger partial charge in [-0.2, -0.15) is 0 Å². The Morgan fingerprint density at radius 3 is 2.43 bits per heavy atom. The zero-order chi connectivity index (χ0) is 20.5. The van der Waals surface area contributed by atoms with Crippen molar-refractivity contribution in [1.82, 2.24) is 25.6 Å². The van der Waals surface area contributed by atoms with E-state index in [-0.39, 0.29) is 24.0 Å². The number of halogens is 1. The van der Waals surface area contributed by atoms with Gasteiger partial charge in [-0.3, -0.25) is 14.8 Å². The highest BCUT2D eigenvalue weighted by Crippen LogP contribution is 2.13. The van der Waals surface area contributed by atoms with Gasteiger partial charge in [0, 0.05) is 58.9 Å². The summed E-state index contributed by atoms with van der Waals surface area (Å²) in [5, 5.41) is 10.8. The molecular weight excluding hydrogens is 491 g/mol. The highest BCUT2D eigenvalue weighted by Gasteiger charge is 2.16. The average molecular weight is 526 g/mol. The Kier molecular flexibility index (Phi) is 10.6. The van der Waals surface area contributed by atoms with Gasteiger partial charge in [-0.25, -0.2) is 0 Å². The van der Waals surface area contributed by atoms with Crippen LogP contribution in [-0.2, 0) is 13.1 Å². The first kappa shape index (κ1) is 24.6. The van der Waals surface area contributed by atoms with Crippen molar-refractivity contribution in [3.05, 3.63) is 53.4 Å². The lowest BCUT2D eigenvalue weighted by atomic mass is 10.1. The van der Waals surface area contributed by atoms with Crippen LogP contribution in [0, 0.1) is 0 Å². The van der Waals surface area contributed by atoms with Crippen LogP contribution in [0.2, 0.25) is 0 Å². The van der Waals surface area contributed by atoms with Crippen molar-refractivity contribution >= 4 is 29.9 Å². The zero-order valence-corrected chi connectivity index (χ0v) is 20.6. The highest BCUT2D eigenvalue weighted by molar-refractivity contribution is 14.0. The lowest BCUT2D eigenvalue weighted by Gasteiger charge is -2.34. The number of nitrogens with zero attached hydrogens (tertiary/aromatic N) is 4. The van der Waals surface area contributed by atoms with Gasteiger partial charge < -0.3 is 15.2 Å². The summed E-state index contributed by atoms with van der Waals surface area (Å²) in [6.45, 7) is 12.2. The summed E-state index contributed by atoms with van der Waals surface area (Å²) in [4.78, 5) is 9.33. The molecule has 2 aromatic rings. The first-order chi connectivity index (χ1) is 14.1. The van der Waals surface area contributed by atoms with Gasteiger partial charge in [0.2, 0.25) is 0 Å². The largest absolute Gasteiger partial charge is 0.359 e. The minimum atomic E-state index is 0. The Balaban J connectivity index is 0.00000320. The molecule has 0 spiro atoms. The maximum atomic E-state index is 5.36. The van der Waals surface area contributed by atoms with E-state index in [4.69, 9.17) is 4.52 Å². The molecule has 0 saturated carbocycles. The molecule has 30 heavy (non-hydrogen) atoms. The fourth-order valence-corrected chi connectivity index (χ4v) is 3.42. The number of piperazine rings is 1. The Morgan fingerprint density at radius 1 is 1.10 bits per heavy atom. The standard InChI is InChI=1S/C22H34N6O.HI/c1-18(2)21-15-20(29-26-21)16-25-22(23-3)24-9-10-27-11-13-28(14-12-27)17-19-7-5-4-6-8-19;/h4-8,15,18H,9-14,16-17H2,1-3H3,(H2,23,24,25);1H. The molecule has 1 aromatic carbocycles. The molecule has 0 bridgehead atoms. The number of guanidine groups is 1. The normalized spacial score (nSPS) is 15.8. The van der Waals surface area contributed by atoms with Crippen LogP contribution in [0.4, 0.5) is 0 Å². The van der Waals surface area contributed by atoms with Crippen molar-refractivity contribution in [2.45, 2.75) is 32.9 Å². The summed E-state index contributed by atoms with van der Waals surface area (Å²) < 4.78 is 5.36. The number of benzene rings is 1. The minimum absolute atomic E-state index is 0. The van der Waals surface area contributed by atoms with Gasteiger partial charge in [-0.1, -0.05) is 49.3 Å². The SMILES string of the molecule is CN=C(NCCN1CCN(Cc2ccccc2)CC1)NCc1cc(C(C)C)no1.I. The van der Waals surface area contributed by atoms with Crippen molar-refractivity contribution < 1.29 is 4.52 Å². The summed E-state index contributed by atoms with van der Waals surface area (Å²) >= 11 is 0. The van der Waals surface area contributed by atoms with Gasteiger partial charge >= 0.3 is 0 Å². The molecule has 2 heterocycles. The topological polar surface area (TPSA) is 68.9 Å². The molecule has 1 aromatic heterocycles. The highest BCUT2D eigenvalue weighted by atomic mass is 127. The molecule has 0 radical (unpaired) electrons. The van der Waals surface area contributed by atoms with E-state index in [0.29, 0.717) is 12.5 Å². The van der Waals surface area contributed by atoms with E-state index in [1.165, 1.54) is 5.56 Å². The van der Waals surface area contributed by atoms with Crippen LogP contribution in [0.25, 0.3) is 0 Å². The number of hydrogen-bond acceptors (Lipinski definition) is 5. The van der Waals surface area contributed by atoms with Gasteiger partial charge in [-0.15, -0.1) is 24.0 Å². The van der Waals surface area contributed by atoms with Crippen molar-refractivity contribution in [3.63, 3.8) is 0 Å². The molecule has 166 valence electrons. The van der Waals surface area contributed by atoms with E-state index in [9.17, 15) is 0 Å². The summed E-state index contributed by atoms with van der Waals surface area (Å²) in [6.07, 6.45) is 0. The van der Waals surface area contributed by atoms with E-state index in [1.807, 2.05) is 6.07 Å². The Labute approximate surface area is 197 Å². The second-order valence-electron chi connectivity index (χ2n) is 7.83. The molecule has 1 aliphatic rings. The van der Waals surface area contributed by atoms with Crippen LogP contribution in [0.3, 0.4) is 0 Å². The van der Waals surface area contributed by atoms with Crippen LogP contribution in [0.5, 0.6) is 0 Å². The van der Waals surface area contributed by atoms with Crippen LogP contribution in [-0.4, -0.2) is 67.2 Å². The average Bonchev–Trinajstić information content (AvgIpc) is 3.22. The van der Waals surface area contributed by atoms with E-state index < -0.39 is 0 Å². The van der Waals surface area contributed by atoms with Gasteiger partial charge in [0.15, 0.2) is 11.7 Å². The first-order valence-corrected chi connectivity index (χ1v) is 10.5. The van der Waals surface area contributed by atoms with Crippen molar-refractivity contribution in [1.29, 1.82) is 0 Å². The monoisotopic (exact) mass is 526 g/mol. The quantitative estimate of drug-likeness (QED) is 0.313. The van der Waals surface area contributed by atoms with E-state index >= 15 is 0 Å². The minimum Gasteiger partial charge on any atom is -0.359 e. The van der Waals surface area contributed by atoms with Gasteiger partial charge in [0.05, 0.1) is 12.2 Å². The third-order valence-corrected chi connectivity index (χ3v) is 5.26. The maximum absolute atomic E-state index is 5.36. The molecule has 1 aliphatic heterocycles. The first-order valence-electron chi connectivity index (χ1n) is 10.5. The molecule has 7 nitrogen and oxygen atoms in total. The van der Waals surface area contributed by atoms with Crippen molar-refractivity contribution in [2.75, 3.05) is 46.3 Å². The Hall–Kier alpha value is -1.65. The van der Waals surface area contributed by atoms with E-state index in [2.05, 4.69) is 74.8 Å². The van der Waals surface area contributed by atoms with Gasteiger partial charge in [0.25, 0.3) is 0 Å². The molecule has 3 rings (SSSR count). The summed E-state index contributed by atoms with van der Waals surface area (Å²) in [5.41, 5.74) is 2.38. The summed E-state index contributed by atoms with van der Waals surface area (Å²) in [5.74, 6) is 1.99.